The second kappa shape index (κ2) is 20.2. The second-order valence-electron chi connectivity index (χ2n) is 9.14. The Bertz CT molecular complexity index is 415. The first-order chi connectivity index (χ1) is 15.2. The Morgan fingerprint density at radius 1 is 0.710 bits per heavy atom. The van der Waals surface area contributed by atoms with Gasteiger partial charge in [0.15, 0.2) is 0 Å². The number of hydrogen-bond acceptors (Lipinski definition) is 5. The van der Waals surface area contributed by atoms with Crippen LogP contribution in [0, 0.1) is 0 Å². The van der Waals surface area contributed by atoms with Crippen LogP contribution in [0.2, 0.25) is 0 Å². The van der Waals surface area contributed by atoms with Gasteiger partial charge in [0, 0.05) is 6.61 Å². The van der Waals surface area contributed by atoms with E-state index in [0.717, 1.165) is 6.42 Å². The zero-order chi connectivity index (χ0) is 22.6. The molecule has 0 radical (unpaired) electrons. The summed E-state index contributed by atoms with van der Waals surface area (Å²) in [5.41, 5.74) is 0. The van der Waals surface area contributed by atoms with Crippen LogP contribution < -0.4 is 0 Å². The number of allylic oxidation sites excluding steroid dienone is 2. The van der Waals surface area contributed by atoms with E-state index in [1.54, 1.807) is 0 Å². The van der Waals surface area contributed by atoms with Crippen LogP contribution in [-0.2, 0) is 9.47 Å². The van der Waals surface area contributed by atoms with Gasteiger partial charge in [-0.05, 0) is 25.7 Å². The maximum atomic E-state index is 9.85. The minimum Gasteiger partial charge on any atom is -0.388 e. The number of unbranched alkanes of at least 4 members (excludes halogenated alkanes) is 14. The molecule has 1 saturated heterocycles. The van der Waals surface area contributed by atoms with Crippen molar-refractivity contribution in [2.75, 3.05) is 19.8 Å². The summed E-state index contributed by atoms with van der Waals surface area (Å²) in [4.78, 5) is 0. The highest BCUT2D eigenvalue weighted by atomic mass is 16.6. The van der Waals surface area contributed by atoms with Gasteiger partial charge in [0.25, 0.3) is 0 Å². The zero-order valence-electron chi connectivity index (χ0n) is 20.1. The Hall–Kier alpha value is -0.460. The standard InChI is InChI=1S/C26H50O5/c1-2-3-4-5-6-7-8-9-10-11-12-13-14-15-16-17-18-19-20-30-22-24-26(29)25(28)23(27)21-31-24/h5-6,23-29H,2-4,7-22H2,1H3/b6-5+/t23-,24+,25+,26+/m0/s1. The van der Waals surface area contributed by atoms with Crippen molar-refractivity contribution in [2.45, 2.75) is 134 Å². The SMILES string of the molecule is CCCC/C=C/CCCCCCCCCCCCCCOC[C@H]1OC[C@H](O)[C@@H](O)[C@@H]1O. The average molecular weight is 443 g/mol. The molecule has 3 N–H and O–H groups in total. The topological polar surface area (TPSA) is 79.2 Å². The fourth-order valence-corrected chi connectivity index (χ4v) is 4.00. The van der Waals surface area contributed by atoms with Crippen LogP contribution in [0.4, 0.5) is 0 Å². The molecule has 1 heterocycles. The van der Waals surface area contributed by atoms with Crippen LogP contribution in [0.3, 0.4) is 0 Å². The van der Waals surface area contributed by atoms with Crippen molar-refractivity contribution in [3.05, 3.63) is 12.2 Å². The fourth-order valence-electron chi connectivity index (χ4n) is 4.00. The lowest BCUT2D eigenvalue weighted by atomic mass is 10.0. The molecule has 0 aromatic heterocycles. The Balaban J connectivity index is 1.75. The van der Waals surface area contributed by atoms with Crippen molar-refractivity contribution in [1.29, 1.82) is 0 Å². The van der Waals surface area contributed by atoms with Crippen molar-refractivity contribution < 1.29 is 24.8 Å². The van der Waals surface area contributed by atoms with E-state index in [1.165, 1.54) is 96.3 Å². The van der Waals surface area contributed by atoms with Crippen LogP contribution >= 0.6 is 0 Å². The van der Waals surface area contributed by atoms with Crippen molar-refractivity contribution in [2.24, 2.45) is 0 Å². The molecule has 184 valence electrons. The number of rotatable bonds is 20. The van der Waals surface area contributed by atoms with Crippen LogP contribution in [0.1, 0.15) is 110 Å². The third kappa shape index (κ3) is 15.1. The molecular weight excluding hydrogens is 392 g/mol. The molecule has 5 heteroatoms. The molecule has 31 heavy (non-hydrogen) atoms. The number of hydrogen-bond donors (Lipinski definition) is 3. The third-order valence-corrected chi connectivity index (χ3v) is 6.19. The zero-order valence-corrected chi connectivity index (χ0v) is 20.1. The summed E-state index contributed by atoms with van der Waals surface area (Å²) in [6.45, 7) is 3.21. The smallest absolute Gasteiger partial charge is 0.111 e. The number of aliphatic hydroxyl groups excluding tert-OH is 3. The summed E-state index contributed by atoms with van der Waals surface area (Å²) >= 11 is 0. The van der Waals surface area contributed by atoms with Crippen molar-refractivity contribution in [3.63, 3.8) is 0 Å². The van der Waals surface area contributed by atoms with Crippen molar-refractivity contribution >= 4 is 0 Å². The Morgan fingerprint density at radius 2 is 1.23 bits per heavy atom. The summed E-state index contributed by atoms with van der Waals surface area (Å²) in [5.74, 6) is 0. The molecule has 0 amide bonds. The minimum absolute atomic E-state index is 0.0447. The van der Waals surface area contributed by atoms with Crippen LogP contribution in [0.5, 0.6) is 0 Å². The Labute approximate surface area is 191 Å². The monoisotopic (exact) mass is 442 g/mol. The lowest BCUT2D eigenvalue weighted by Crippen LogP contribution is -2.54. The molecule has 0 aromatic carbocycles. The van der Waals surface area contributed by atoms with Crippen molar-refractivity contribution in [1.82, 2.24) is 0 Å². The summed E-state index contributed by atoms with van der Waals surface area (Å²) in [7, 11) is 0. The Morgan fingerprint density at radius 3 is 1.81 bits per heavy atom. The minimum atomic E-state index is -1.15. The molecule has 0 saturated carbocycles. The molecule has 5 nitrogen and oxygen atoms in total. The van der Waals surface area contributed by atoms with Gasteiger partial charge >= 0.3 is 0 Å². The molecule has 1 fully saturated rings. The second-order valence-corrected chi connectivity index (χ2v) is 9.14. The summed E-state index contributed by atoms with van der Waals surface area (Å²) in [5, 5.41) is 28.9. The first-order valence-corrected chi connectivity index (χ1v) is 13.0. The van der Waals surface area contributed by atoms with Crippen LogP contribution in [-0.4, -0.2) is 59.6 Å². The van der Waals surface area contributed by atoms with Gasteiger partial charge in [-0.25, -0.2) is 0 Å². The van der Waals surface area contributed by atoms with Gasteiger partial charge in [0.1, 0.15) is 24.4 Å². The maximum absolute atomic E-state index is 9.85. The molecule has 0 spiro atoms. The molecule has 0 aliphatic carbocycles. The third-order valence-electron chi connectivity index (χ3n) is 6.19. The summed E-state index contributed by atoms with van der Waals surface area (Å²) < 4.78 is 10.9. The molecule has 0 aromatic rings. The van der Waals surface area contributed by atoms with Crippen LogP contribution in [0.15, 0.2) is 12.2 Å². The highest BCUT2D eigenvalue weighted by molar-refractivity contribution is 4.86. The largest absolute Gasteiger partial charge is 0.388 e. The maximum Gasteiger partial charge on any atom is 0.111 e. The van der Waals surface area contributed by atoms with E-state index in [9.17, 15) is 15.3 Å². The lowest BCUT2D eigenvalue weighted by molar-refractivity contribution is -0.199. The summed E-state index contributed by atoms with van der Waals surface area (Å²) in [6, 6.07) is 0. The van der Waals surface area contributed by atoms with E-state index < -0.39 is 24.4 Å². The highest BCUT2D eigenvalue weighted by Crippen LogP contribution is 2.16. The molecule has 4 atom stereocenters. The average Bonchev–Trinajstić information content (AvgIpc) is 2.77. The predicted octanol–water partition coefficient (Wildman–Crippen LogP) is 5.30. The molecule has 1 rings (SSSR count). The predicted molar refractivity (Wildman–Crippen MR) is 127 cm³/mol. The normalized spacial score (nSPS) is 24.3. The van der Waals surface area contributed by atoms with E-state index in [4.69, 9.17) is 9.47 Å². The van der Waals surface area contributed by atoms with Gasteiger partial charge in [-0.15, -0.1) is 0 Å². The van der Waals surface area contributed by atoms with E-state index >= 15 is 0 Å². The molecular formula is C26H50O5. The van der Waals surface area contributed by atoms with E-state index in [-0.39, 0.29) is 13.2 Å². The first-order valence-electron chi connectivity index (χ1n) is 13.0. The van der Waals surface area contributed by atoms with E-state index in [0.29, 0.717) is 6.61 Å². The van der Waals surface area contributed by atoms with Gasteiger partial charge < -0.3 is 24.8 Å². The van der Waals surface area contributed by atoms with Gasteiger partial charge in [-0.2, -0.15) is 0 Å². The Kier molecular flexibility index (Phi) is 18.6. The van der Waals surface area contributed by atoms with Gasteiger partial charge in [0.05, 0.1) is 13.2 Å². The highest BCUT2D eigenvalue weighted by Gasteiger charge is 2.37. The first kappa shape index (κ1) is 28.6. The van der Waals surface area contributed by atoms with Gasteiger partial charge in [0.2, 0.25) is 0 Å². The number of aliphatic hydroxyl groups is 3. The van der Waals surface area contributed by atoms with E-state index in [1.807, 2.05) is 0 Å². The number of ether oxygens (including phenoxy) is 2. The molecule has 1 aliphatic rings. The van der Waals surface area contributed by atoms with Crippen LogP contribution in [0.25, 0.3) is 0 Å². The lowest BCUT2D eigenvalue weighted by Gasteiger charge is -2.35. The quantitative estimate of drug-likeness (QED) is 0.176. The van der Waals surface area contributed by atoms with E-state index in [2.05, 4.69) is 19.1 Å². The molecule has 0 bridgehead atoms. The summed E-state index contributed by atoms with van der Waals surface area (Å²) in [6.07, 6.45) is 21.8. The molecule has 1 aliphatic heterocycles. The van der Waals surface area contributed by atoms with Gasteiger partial charge in [-0.1, -0.05) is 96.1 Å². The fraction of sp³-hybridized carbons (Fsp3) is 0.923. The molecule has 0 unspecified atom stereocenters. The van der Waals surface area contributed by atoms with Gasteiger partial charge in [-0.3, -0.25) is 0 Å². The van der Waals surface area contributed by atoms with Crippen molar-refractivity contribution in [3.8, 4) is 0 Å².